The summed E-state index contributed by atoms with van der Waals surface area (Å²) >= 11 is 4.90. The Morgan fingerprint density at radius 1 is 1.07 bits per heavy atom. The van der Waals surface area contributed by atoms with E-state index in [-0.39, 0.29) is 0 Å². The smallest absolute Gasteiger partial charge is 0.212 e. The molecule has 0 aliphatic rings. The SMILES string of the molecule is COc1ccc(-c2cc(NC=O)n(-c3nc(-c4ccc(Br)cc4)cs3)n2)cc1. The van der Waals surface area contributed by atoms with Crippen LogP contribution in [0.15, 0.2) is 64.5 Å². The van der Waals surface area contributed by atoms with Gasteiger partial charge in [-0.3, -0.25) is 4.79 Å². The third kappa shape index (κ3) is 3.69. The minimum Gasteiger partial charge on any atom is -0.497 e. The summed E-state index contributed by atoms with van der Waals surface area (Å²) in [5.41, 5.74) is 3.51. The molecule has 2 aromatic heterocycles. The van der Waals surface area contributed by atoms with Crippen molar-refractivity contribution in [2.75, 3.05) is 12.4 Å². The number of methoxy groups -OCH3 is 1. The summed E-state index contributed by atoms with van der Waals surface area (Å²) in [5, 5.41) is 9.98. The fourth-order valence-corrected chi connectivity index (χ4v) is 3.77. The van der Waals surface area contributed by atoms with Crippen LogP contribution in [0.1, 0.15) is 0 Å². The van der Waals surface area contributed by atoms with Gasteiger partial charge in [0.05, 0.1) is 18.5 Å². The molecule has 0 atom stereocenters. The Balaban J connectivity index is 1.71. The molecule has 1 N–H and O–H groups in total. The van der Waals surface area contributed by atoms with Gasteiger partial charge in [0, 0.05) is 27.0 Å². The molecule has 0 radical (unpaired) electrons. The lowest BCUT2D eigenvalue weighted by Crippen LogP contribution is -2.04. The van der Waals surface area contributed by atoms with Crippen LogP contribution in [0.3, 0.4) is 0 Å². The number of nitrogens with one attached hydrogen (secondary N) is 1. The molecule has 140 valence electrons. The lowest BCUT2D eigenvalue weighted by atomic mass is 10.1. The summed E-state index contributed by atoms with van der Waals surface area (Å²) in [7, 11) is 1.63. The summed E-state index contributed by atoms with van der Waals surface area (Å²) in [6.45, 7) is 0. The number of hydrogen-bond donors (Lipinski definition) is 1. The summed E-state index contributed by atoms with van der Waals surface area (Å²) in [6.07, 6.45) is 0.633. The molecule has 4 rings (SSSR count). The zero-order chi connectivity index (χ0) is 19.5. The lowest BCUT2D eigenvalue weighted by molar-refractivity contribution is -0.105. The number of carbonyl (C=O) groups is 1. The number of thiazole rings is 1. The van der Waals surface area contributed by atoms with Gasteiger partial charge >= 0.3 is 0 Å². The topological polar surface area (TPSA) is 69.0 Å². The van der Waals surface area contributed by atoms with Crippen molar-refractivity contribution in [1.82, 2.24) is 14.8 Å². The number of halogens is 1. The molecule has 4 aromatic rings. The Kier molecular flexibility index (Phi) is 5.23. The van der Waals surface area contributed by atoms with E-state index in [0.29, 0.717) is 17.4 Å². The third-order valence-electron chi connectivity index (χ3n) is 4.12. The molecular formula is C20H15BrN4O2S. The number of carbonyl (C=O) groups excluding carboxylic acids is 1. The van der Waals surface area contributed by atoms with E-state index in [1.165, 1.54) is 11.3 Å². The Morgan fingerprint density at radius 3 is 2.43 bits per heavy atom. The summed E-state index contributed by atoms with van der Waals surface area (Å²) in [6, 6.07) is 17.4. The average Bonchev–Trinajstić information content (AvgIpc) is 3.36. The zero-order valence-electron chi connectivity index (χ0n) is 14.8. The largest absolute Gasteiger partial charge is 0.497 e. The highest BCUT2D eigenvalue weighted by atomic mass is 79.9. The first kappa shape index (κ1) is 18.4. The van der Waals surface area contributed by atoms with Crippen molar-refractivity contribution in [3.63, 3.8) is 0 Å². The number of hydrogen-bond acceptors (Lipinski definition) is 5. The first-order valence-corrected chi connectivity index (χ1v) is 10.0. The molecule has 2 aromatic carbocycles. The second-order valence-electron chi connectivity index (χ2n) is 5.84. The number of ether oxygens (including phenoxy) is 1. The second kappa shape index (κ2) is 7.95. The first-order valence-electron chi connectivity index (χ1n) is 8.34. The van der Waals surface area contributed by atoms with Crippen molar-refractivity contribution in [2.45, 2.75) is 0 Å². The molecule has 0 aliphatic carbocycles. The Hall–Kier alpha value is -2.97. The van der Waals surface area contributed by atoms with Crippen LogP contribution in [0, 0.1) is 0 Å². The van der Waals surface area contributed by atoms with Crippen LogP contribution in [-0.2, 0) is 4.79 Å². The van der Waals surface area contributed by atoms with Crippen LogP contribution in [0.2, 0.25) is 0 Å². The number of amides is 1. The monoisotopic (exact) mass is 454 g/mol. The van der Waals surface area contributed by atoms with Gasteiger partial charge in [0.2, 0.25) is 11.5 Å². The molecule has 0 unspecified atom stereocenters. The molecule has 0 aliphatic heterocycles. The van der Waals surface area contributed by atoms with E-state index < -0.39 is 0 Å². The second-order valence-corrected chi connectivity index (χ2v) is 7.59. The van der Waals surface area contributed by atoms with E-state index in [9.17, 15) is 4.79 Å². The number of benzene rings is 2. The normalized spacial score (nSPS) is 10.6. The van der Waals surface area contributed by atoms with Crippen molar-refractivity contribution in [2.24, 2.45) is 0 Å². The molecule has 0 bridgehead atoms. The van der Waals surface area contributed by atoms with E-state index >= 15 is 0 Å². The number of nitrogens with zero attached hydrogens (tertiary/aromatic N) is 3. The summed E-state index contributed by atoms with van der Waals surface area (Å²) < 4.78 is 7.85. The maximum absolute atomic E-state index is 11.1. The predicted molar refractivity (Wildman–Crippen MR) is 114 cm³/mol. The van der Waals surface area contributed by atoms with Crippen LogP contribution in [-0.4, -0.2) is 28.3 Å². The van der Waals surface area contributed by atoms with Crippen LogP contribution in [0.4, 0.5) is 5.82 Å². The van der Waals surface area contributed by atoms with Crippen LogP contribution < -0.4 is 10.1 Å². The van der Waals surface area contributed by atoms with E-state index in [0.717, 1.165) is 32.7 Å². The van der Waals surface area contributed by atoms with Crippen molar-refractivity contribution in [3.8, 4) is 33.4 Å². The summed E-state index contributed by atoms with van der Waals surface area (Å²) in [4.78, 5) is 15.7. The van der Waals surface area contributed by atoms with Gasteiger partial charge in [-0.05, 0) is 36.4 Å². The predicted octanol–water partition coefficient (Wildman–Crippen LogP) is 5.00. The summed E-state index contributed by atoms with van der Waals surface area (Å²) in [5.74, 6) is 1.33. The molecule has 0 fully saturated rings. The molecule has 0 saturated carbocycles. The highest BCUT2D eigenvalue weighted by Gasteiger charge is 2.14. The fourth-order valence-electron chi connectivity index (χ4n) is 2.71. The minimum atomic E-state index is 0.553. The number of anilines is 1. The Bertz CT molecular complexity index is 1100. The van der Waals surface area contributed by atoms with Crippen molar-refractivity contribution in [3.05, 3.63) is 64.5 Å². The minimum absolute atomic E-state index is 0.553. The quantitative estimate of drug-likeness (QED) is 0.416. The number of rotatable bonds is 6. The Morgan fingerprint density at radius 2 is 1.75 bits per heavy atom. The van der Waals surface area contributed by atoms with Crippen LogP contribution in [0.25, 0.3) is 27.6 Å². The van der Waals surface area contributed by atoms with Gasteiger partial charge in [0.1, 0.15) is 11.6 Å². The van der Waals surface area contributed by atoms with Gasteiger partial charge < -0.3 is 10.1 Å². The maximum Gasteiger partial charge on any atom is 0.212 e. The van der Waals surface area contributed by atoms with E-state index in [2.05, 4.69) is 31.3 Å². The lowest BCUT2D eigenvalue weighted by Gasteiger charge is -2.02. The van der Waals surface area contributed by atoms with Gasteiger partial charge in [-0.2, -0.15) is 9.78 Å². The fraction of sp³-hybridized carbons (Fsp3) is 0.0500. The van der Waals surface area contributed by atoms with E-state index in [1.807, 2.05) is 60.0 Å². The molecule has 6 nitrogen and oxygen atoms in total. The highest BCUT2D eigenvalue weighted by Crippen LogP contribution is 2.30. The van der Waals surface area contributed by atoms with Gasteiger partial charge in [-0.25, -0.2) is 4.98 Å². The standard InChI is InChI=1S/C20H15BrN4O2S/c1-27-16-8-4-13(5-9-16)17-10-19(22-12-26)25(24-17)20-23-18(11-28-20)14-2-6-15(21)7-3-14/h2-12H,1H3,(H,22,26). The molecule has 0 saturated heterocycles. The number of aromatic nitrogens is 3. The molecule has 2 heterocycles. The molecule has 0 spiro atoms. The average molecular weight is 455 g/mol. The zero-order valence-corrected chi connectivity index (χ0v) is 17.2. The third-order valence-corrected chi connectivity index (χ3v) is 5.46. The van der Waals surface area contributed by atoms with Gasteiger partial charge in [-0.15, -0.1) is 11.3 Å². The van der Waals surface area contributed by atoms with E-state index in [1.54, 1.807) is 11.8 Å². The molecular weight excluding hydrogens is 440 g/mol. The maximum atomic E-state index is 11.1. The van der Waals surface area contributed by atoms with Gasteiger partial charge in [0.25, 0.3) is 0 Å². The molecule has 1 amide bonds. The first-order chi connectivity index (χ1) is 13.7. The van der Waals surface area contributed by atoms with Crippen molar-refractivity contribution in [1.29, 1.82) is 0 Å². The Labute approximate surface area is 173 Å². The van der Waals surface area contributed by atoms with E-state index in [4.69, 9.17) is 4.74 Å². The highest BCUT2D eigenvalue weighted by molar-refractivity contribution is 9.10. The van der Waals surface area contributed by atoms with Crippen LogP contribution in [0.5, 0.6) is 5.75 Å². The van der Waals surface area contributed by atoms with Crippen LogP contribution >= 0.6 is 27.3 Å². The van der Waals surface area contributed by atoms with Gasteiger partial charge in [-0.1, -0.05) is 28.1 Å². The molecule has 28 heavy (non-hydrogen) atoms. The van der Waals surface area contributed by atoms with Gasteiger partial charge in [0.15, 0.2) is 0 Å². The van der Waals surface area contributed by atoms with Crippen molar-refractivity contribution >= 4 is 39.5 Å². The molecule has 8 heteroatoms. The van der Waals surface area contributed by atoms with Crippen molar-refractivity contribution < 1.29 is 9.53 Å².